The molecule has 23 heavy (non-hydrogen) atoms. The molecule has 2 heterocycles. The molecule has 0 aliphatic carbocycles. The monoisotopic (exact) mass is 314 g/mol. The van der Waals surface area contributed by atoms with Gasteiger partial charge in [-0.1, -0.05) is 12.1 Å². The number of benzene rings is 1. The summed E-state index contributed by atoms with van der Waals surface area (Å²) in [6, 6.07) is 10.8. The van der Waals surface area contributed by atoms with E-state index in [-0.39, 0.29) is 31.0 Å². The normalized spacial score (nSPS) is 14.8. The van der Waals surface area contributed by atoms with Crippen LogP contribution in [0.25, 0.3) is 0 Å². The largest absolute Gasteiger partial charge is 0.482 e. The summed E-state index contributed by atoms with van der Waals surface area (Å²) in [5.74, 6) is 0.987. The third-order valence-electron chi connectivity index (χ3n) is 3.60. The number of nitrogens with zero attached hydrogens (tertiary/aromatic N) is 1. The van der Waals surface area contributed by atoms with Crippen LogP contribution in [0.15, 0.2) is 47.1 Å². The first-order valence-electron chi connectivity index (χ1n) is 7.47. The van der Waals surface area contributed by atoms with E-state index in [4.69, 9.17) is 9.15 Å². The van der Waals surface area contributed by atoms with Gasteiger partial charge in [-0.25, -0.2) is 0 Å². The maximum Gasteiger partial charge on any atom is 0.265 e. The van der Waals surface area contributed by atoms with Crippen LogP contribution in [0.3, 0.4) is 0 Å². The zero-order chi connectivity index (χ0) is 16.2. The van der Waals surface area contributed by atoms with Gasteiger partial charge >= 0.3 is 0 Å². The topological polar surface area (TPSA) is 71.8 Å². The van der Waals surface area contributed by atoms with Crippen molar-refractivity contribution >= 4 is 17.5 Å². The number of rotatable bonds is 5. The fourth-order valence-electron chi connectivity index (χ4n) is 2.57. The minimum atomic E-state index is -0.225. The number of amides is 2. The van der Waals surface area contributed by atoms with Crippen molar-refractivity contribution in [3.8, 4) is 5.75 Å². The highest BCUT2D eigenvalue weighted by Gasteiger charge is 2.27. The van der Waals surface area contributed by atoms with Gasteiger partial charge in [0.15, 0.2) is 6.61 Å². The Morgan fingerprint density at radius 3 is 2.91 bits per heavy atom. The van der Waals surface area contributed by atoms with E-state index in [0.717, 1.165) is 5.76 Å². The number of nitrogens with one attached hydrogen (secondary N) is 1. The first-order chi connectivity index (χ1) is 11.1. The quantitative estimate of drug-likeness (QED) is 0.912. The molecule has 1 aliphatic rings. The molecule has 1 atom stereocenters. The standard InChI is InChI=1S/C17H18N2O4/c1-12(9-13-5-4-8-22-13)18-16(20)10-19-14-6-2-3-7-15(14)23-11-17(19)21/h2-8,12H,9-11H2,1H3,(H,18,20)/t12-/m1/s1. The van der Waals surface area contributed by atoms with E-state index >= 15 is 0 Å². The average Bonchev–Trinajstić information content (AvgIpc) is 3.03. The predicted octanol–water partition coefficient (Wildman–Crippen LogP) is 1.75. The summed E-state index contributed by atoms with van der Waals surface area (Å²) in [6.45, 7) is 1.82. The van der Waals surface area contributed by atoms with Crippen LogP contribution in [0.1, 0.15) is 12.7 Å². The molecule has 0 bridgehead atoms. The van der Waals surface area contributed by atoms with Crippen molar-refractivity contribution < 1.29 is 18.7 Å². The van der Waals surface area contributed by atoms with Gasteiger partial charge in [-0.15, -0.1) is 0 Å². The number of furan rings is 1. The van der Waals surface area contributed by atoms with Crippen LogP contribution in [0.5, 0.6) is 5.75 Å². The molecule has 2 aromatic rings. The molecule has 1 aliphatic heterocycles. The predicted molar refractivity (Wildman–Crippen MR) is 84.3 cm³/mol. The van der Waals surface area contributed by atoms with Crippen molar-refractivity contribution in [3.05, 3.63) is 48.4 Å². The highest BCUT2D eigenvalue weighted by Crippen LogP contribution is 2.31. The second-order valence-electron chi connectivity index (χ2n) is 5.49. The van der Waals surface area contributed by atoms with Gasteiger partial charge in [-0.3, -0.25) is 14.5 Å². The molecule has 6 nitrogen and oxygen atoms in total. The second-order valence-corrected chi connectivity index (χ2v) is 5.49. The summed E-state index contributed by atoms with van der Waals surface area (Å²) >= 11 is 0. The third-order valence-corrected chi connectivity index (χ3v) is 3.60. The summed E-state index contributed by atoms with van der Waals surface area (Å²) in [6.07, 6.45) is 2.21. The number of anilines is 1. The molecule has 1 aromatic carbocycles. The Balaban J connectivity index is 1.62. The van der Waals surface area contributed by atoms with Crippen LogP contribution in [-0.2, 0) is 16.0 Å². The minimum absolute atomic E-state index is 0.0261. The molecule has 6 heteroatoms. The van der Waals surface area contributed by atoms with Gasteiger partial charge < -0.3 is 14.5 Å². The average molecular weight is 314 g/mol. The molecule has 1 aromatic heterocycles. The van der Waals surface area contributed by atoms with Crippen molar-refractivity contribution in [2.45, 2.75) is 19.4 Å². The summed E-state index contributed by atoms with van der Waals surface area (Å²) < 4.78 is 10.6. The molecule has 0 radical (unpaired) electrons. The fourth-order valence-corrected chi connectivity index (χ4v) is 2.57. The molecule has 2 amide bonds. The molecular weight excluding hydrogens is 296 g/mol. The molecule has 0 saturated carbocycles. The number of carbonyl (C=O) groups excluding carboxylic acids is 2. The fraction of sp³-hybridized carbons (Fsp3) is 0.294. The number of fused-ring (bicyclic) bond motifs is 1. The lowest BCUT2D eigenvalue weighted by Gasteiger charge is -2.29. The van der Waals surface area contributed by atoms with Crippen molar-refractivity contribution in [2.75, 3.05) is 18.1 Å². The van der Waals surface area contributed by atoms with E-state index in [1.165, 1.54) is 4.90 Å². The van der Waals surface area contributed by atoms with Crippen molar-refractivity contribution in [1.29, 1.82) is 0 Å². The van der Waals surface area contributed by atoms with Crippen molar-refractivity contribution in [2.24, 2.45) is 0 Å². The Labute approximate surface area is 134 Å². The summed E-state index contributed by atoms with van der Waals surface area (Å²) in [5.41, 5.74) is 0.623. The molecular formula is C17H18N2O4. The number of hydrogen-bond acceptors (Lipinski definition) is 4. The summed E-state index contributed by atoms with van der Waals surface area (Å²) in [5, 5.41) is 2.88. The minimum Gasteiger partial charge on any atom is -0.482 e. The van der Waals surface area contributed by atoms with Gasteiger partial charge in [0.2, 0.25) is 5.91 Å². The Morgan fingerprint density at radius 2 is 2.13 bits per heavy atom. The van der Waals surface area contributed by atoms with Gasteiger partial charge in [0.05, 0.1) is 12.0 Å². The zero-order valence-corrected chi connectivity index (χ0v) is 12.8. The molecule has 0 saturated heterocycles. The van der Waals surface area contributed by atoms with Gasteiger partial charge in [-0.05, 0) is 31.2 Å². The zero-order valence-electron chi connectivity index (χ0n) is 12.8. The molecule has 120 valence electrons. The molecule has 0 unspecified atom stereocenters. The number of para-hydroxylation sites is 2. The third kappa shape index (κ3) is 3.53. The van der Waals surface area contributed by atoms with E-state index in [9.17, 15) is 9.59 Å². The SMILES string of the molecule is C[C@H](Cc1ccco1)NC(=O)CN1C(=O)COc2ccccc21. The summed E-state index contributed by atoms with van der Waals surface area (Å²) in [7, 11) is 0. The first kappa shape index (κ1) is 15.1. The molecule has 0 fully saturated rings. The molecule has 3 rings (SSSR count). The number of hydrogen-bond donors (Lipinski definition) is 1. The van der Waals surface area contributed by atoms with E-state index < -0.39 is 0 Å². The van der Waals surface area contributed by atoms with Crippen LogP contribution in [-0.4, -0.2) is 31.0 Å². The lowest BCUT2D eigenvalue weighted by Crippen LogP contribution is -2.47. The van der Waals surface area contributed by atoms with E-state index in [1.54, 1.807) is 18.4 Å². The Kier molecular flexibility index (Phi) is 4.32. The van der Waals surface area contributed by atoms with Gasteiger partial charge in [0.1, 0.15) is 18.1 Å². The van der Waals surface area contributed by atoms with Crippen LogP contribution in [0.2, 0.25) is 0 Å². The molecule has 1 N–H and O–H groups in total. The van der Waals surface area contributed by atoms with Gasteiger partial charge in [0.25, 0.3) is 5.91 Å². The van der Waals surface area contributed by atoms with E-state index in [0.29, 0.717) is 17.9 Å². The number of ether oxygens (including phenoxy) is 1. The Morgan fingerprint density at radius 1 is 1.30 bits per heavy atom. The maximum absolute atomic E-state index is 12.2. The maximum atomic E-state index is 12.2. The van der Waals surface area contributed by atoms with E-state index in [1.807, 2.05) is 31.2 Å². The Bertz CT molecular complexity index is 696. The van der Waals surface area contributed by atoms with Crippen molar-refractivity contribution in [3.63, 3.8) is 0 Å². The lowest BCUT2D eigenvalue weighted by molar-refractivity contribution is -0.125. The Hall–Kier alpha value is -2.76. The van der Waals surface area contributed by atoms with E-state index in [2.05, 4.69) is 5.32 Å². The van der Waals surface area contributed by atoms with Crippen molar-refractivity contribution in [1.82, 2.24) is 5.32 Å². The highest BCUT2D eigenvalue weighted by atomic mass is 16.5. The highest BCUT2D eigenvalue weighted by molar-refractivity contribution is 6.02. The first-order valence-corrected chi connectivity index (χ1v) is 7.47. The molecule has 0 spiro atoms. The van der Waals surface area contributed by atoms with Crippen LogP contribution in [0, 0.1) is 0 Å². The van der Waals surface area contributed by atoms with Crippen LogP contribution >= 0.6 is 0 Å². The number of carbonyl (C=O) groups is 2. The van der Waals surface area contributed by atoms with Gasteiger partial charge in [-0.2, -0.15) is 0 Å². The van der Waals surface area contributed by atoms with Gasteiger partial charge in [0, 0.05) is 12.5 Å². The van der Waals surface area contributed by atoms with Crippen LogP contribution < -0.4 is 15.0 Å². The van der Waals surface area contributed by atoms with Crippen LogP contribution in [0.4, 0.5) is 5.69 Å². The lowest BCUT2D eigenvalue weighted by atomic mass is 10.2. The summed E-state index contributed by atoms with van der Waals surface area (Å²) in [4.78, 5) is 25.7. The smallest absolute Gasteiger partial charge is 0.265 e. The second kappa shape index (κ2) is 6.56.